The average Bonchev–Trinajstić information content (AvgIpc) is 2.87. The molecule has 4 heteroatoms. The third-order valence-corrected chi connectivity index (χ3v) is 3.82. The molecule has 0 radical (unpaired) electrons. The molecule has 0 aliphatic carbocycles. The topological polar surface area (TPSA) is 57.8 Å². The maximum Gasteiger partial charge on any atom is 0.220 e. The van der Waals surface area contributed by atoms with Crippen molar-refractivity contribution < 1.29 is 4.79 Å². The van der Waals surface area contributed by atoms with E-state index in [-0.39, 0.29) is 5.91 Å². The van der Waals surface area contributed by atoms with Gasteiger partial charge in [0, 0.05) is 29.2 Å². The summed E-state index contributed by atoms with van der Waals surface area (Å²) in [6.07, 6.45) is 2.95. The molecule has 3 aromatic rings. The zero-order chi connectivity index (χ0) is 15.4. The minimum Gasteiger partial charge on any atom is -0.358 e. The molecule has 0 saturated carbocycles. The van der Waals surface area contributed by atoms with E-state index >= 15 is 0 Å². The number of aromatic amines is 1. The molecule has 2 N–H and O–H groups in total. The standard InChI is InChI=1S/C18H19N3O/c1-13-15(16-7-2-3-8-17(16)21-13)9-10-18(22)20-12-14-6-4-5-11-19-14/h2-8,11,21H,9-10,12H2,1H3,(H,20,22). The van der Waals surface area contributed by atoms with Crippen LogP contribution in [0.1, 0.15) is 23.4 Å². The molecule has 0 saturated heterocycles. The normalized spacial score (nSPS) is 10.8. The largest absolute Gasteiger partial charge is 0.358 e. The number of para-hydroxylation sites is 1. The molecular weight excluding hydrogens is 274 g/mol. The summed E-state index contributed by atoms with van der Waals surface area (Å²) in [6.45, 7) is 2.54. The van der Waals surface area contributed by atoms with Crippen molar-refractivity contribution in [2.24, 2.45) is 0 Å². The molecular formula is C18H19N3O. The maximum absolute atomic E-state index is 12.0. The molecule has 0 fully saturated rings. The Hall–Kier alpha value is -2.62. The van der Waals surface area contributed by atoms with Gasteiger partial charge in [0.15, 0.2) is 0 Å². The van der Waals surface area contributed by atoms with E-state index in [1.54, 1.807) is 6.20 Å². The fourth-order valence-electron chi connectivity index (χ4n) is 2.68. The van der Waals surface area contributed by atoms with Gasteiger partial charge in [0.1, 0.15) is 0 Å². The SMILES string of the molecule is Cc1[nH]c2ccccc2c1CCC(=O)NCc1ccccn1. The first-order valence-corrected chi connectivity index (χ1v) is 7.47. The van der Waals surface area contributed by atoms with Crippen molar-refractivity contribution in [3.05, 3.63) is 65.6 Å². The van der Waals surface area contributed by atoms with Crippen LogP contribution in [0.25, 0.3) is 10.9 Å². The van der Waals surface area contributed by atoms with Gasteiger partial charge >= 0.3 is 0 Å². The second-order valence-electron chi connectivity index (χ2n) is 5.37. The molecule has 3 rings (SSSR count). The van der Waals surface area contributed by atoms with Gasteiger partial charge in [0.25, 0.3) is 0 Å². The summed E-state index contributed by atoms with van der Waals surface area (Å²) in [5.74, 6) is 0.0512. The molecule has 1 aromatic carbocycles. The molecule has 0 unspecified atom stereocenters. The molecule has 1 amide bonds. The average molecular weight is 293 g/mol. The van der Waals surface area contributed by atoms with E-state index in [4.69, 9.17) is 0 Å². The highest BCUT2D eigenvalue weighted by Gasteiger charge is 2.10. The van der Waals surface area contributed by atoms with Gasteiger partial charge < -0.3 is 10.3 Å². The first-order chi connectivity index (χ1) is 10.7. The highest BCUT2D eigenvalue weighted by Crippen LogP contribution is 2.22. The number of hydrogen-bond acceptors (Lipinski definition) is 2. The van der Waals surface area contributed by atoms with E-state index in [0.29, 0.717) is 13.0 Å². The first kappa shape index (κ1) is 14.3. The number of pyridine rings is 1. The summed E-state index contributed by atoms with van der Waals surface area (Å²) in [6, 6.07) is 13.9. The Morgan fingerprint density at radius 2 is 2.00 bits per heavy atom. The van der Waals surface area contributed by atoms with Gasteiger partial charge in [0.05, 0.1) is 12.2 Å². The molecule has 0 aliphatic rings. The van der Waals surface area contributed by atoms with Crippen LogP contribution in [-0.4, -0.2) is 15.9 Å². The van der Waals surface area contributed by atoms with Gasteiger partial charge in [0.2, 0.25) is 5.91 Å². The Balaban J connectivity index is 1.59. The minimum absolute atomic E-state index is 0.0512. The maximum atomic E-state index is 12.0. The van der Waals surface area contributed by atoms with Crippen molar-refractivity contribution >= 4 is 16.8 Å². The number of hydrogen-bond donors (Lipinski definition) is 2. The van der Waals surface area contributed by atoms with E-state index in [9.17, 15) is 4.79 Å². The molecule has 0 atom stereocenters. The van der Waals surface area contributed by atoms with Crippen molar-refractivity contribution in [3.8, 4) is 0 Å². The fourth-order valence-corrected chi connectivity index (χ4v) is 2.68. The monoisotopic (exact) mass is 293 g/mol. The van der Waals surface area contributed by atoms with Crippen LogP contribution >= 0.6 is 0 Å². The van der Waals surface area contributed by atoms with Crippen molar-refractivity contribution in [2.45, 2.75) is 26.3 Å². The van der Waals surface area contributed by atoms with E-state index in [1.807, 2.05) is 30.3 Å². The number of carbonyl (C=O) groups is 1. The number of aromatic nitrogens is 2. The van der Waals surface area contributed by atoms with Crippen LogP contribution < -0.4 is 5.32 Å². The third kappa shape index (κ3) is 3.17. The highest BCUT2D eigenvalue weighted by atomic mass is 16.1. The number of nitrogens with one attached hydrogen (secondary N) is 2. The van der Waals surface area contributed by atoms with Crippen LogP contribution in [0.4, 0.5) is 0 Å². The minimum atomic E-state index is 0.0512. The Morgan fingerprint density at radius 1 is 1.18 bits per heavy atom. The molecule has 4 nitrogen and oxygen atoms in total. The summed E-state index contributed by atoms with van der Waals surface area (Å²) >= 11 is 0. The van der Waals surface area contributed by atoms with Crippen LogP contribution in [0, 0.1) is 6.92 Å². The van der Waals surface area contributed by atoms with E-state index in [1.165, 1.54) is 10.9 Å². The highest BCUT2D eigenvalue weighted by molar-refractivity contribution is 5.85. The number of nitrogens with zero attached hydrogens (tertiary/aromatic N) is 1. The molecule has 112 valence electrons. The predicted molar refractivity (Wildman–Crippen MR) is 87.4 cm³/mol. The fraction of sp³-hybridized carbons (Fsp3) is 0.222. The van der Waals surface area contributed by atoms with Gasteiger partial charge in [-0.3, -0.25) is 9.78 Å². The number of benzene rings is 1. The second-order valence-corrected chi connectivity index (χ2v) is 5.37. The van der Waals surface area contributed by atoms with E-state index in [0.717, 1.165) is 23.3 Å². The molecule has 0 spiro atoms. The number of fused-ring (bicyclic) bond motifs is 1. The number of carbonyl (C=O) groups excluding carboxylic acids is 1. The molecule has 2 aromatic heterocycles. The Labute approximate surface area is 129 Å². The lowest BCUT2D eigenvalue weighted by atomic mass is 10.1. The number of rotatable bonds is 5. The van der Waals surface area contributed by atoms with Crippen LogP contribution in [0.15, 0.2) is 48.7 Å². The molecule has 2 heterocycles. The Bertz CT molecular complexity index is 777. The third-order valence-electron chi connectivity index (χ3n) is 3.82. The Kier molecular flexibility index (Phi) is 4.19. The smallest absolute Gasteiger partial charge is 0.220 e. The summed E-state index contributed by atoms with van der Waals surface area (Å²) in [7, 11) is 0. The van der Waals surface area contributed by atoms with Crippen molar-refractivity contribution in [1.29, 1.82) is 0 Å². The van der Waals surface area contributed by atoms with Gasteiger partial charge in [-0.1, -0.05) is 24.3 Å². The summed E-state index contributed by atoms with van der Waals surface area (Å²) < 4.78 is 0. The van der Waals surface area contributed by atoms with Gasteiger partial charge in [-0.05, 0) is 37.1 Å². The quantitative estimate of drug-likeness (QED) is 0.759. The van der Waals surface area contributed by atoms with Crippen LogP contribution in [0.3, 0.4) is 0 Å². The second kappa shape index (κ2) is 6.43. The molecule has 0 aliphatic heterocycles. The zero-order valence-corrected chi connectivity index (χ0v) is 12.6. The molecule has 22 heavy (non-hydrogen) atoms. The van der Waals surface area contributed by atoms with Crippen molar-refractivity contribution in [2.75, 3.05) is 0 Å². The van der Waals surface area contributed by atoms with Gasteiger partial charge in [-0.2, -0.15) is 0 Å². The summed E-state index contributed by atoms with van der Waals surface area (Å²) in [5, 5.41) is 4.12. The van der Waals surface area contributed by atoms with Crippen LogP contribution in [-0.2, 0) is 17.8 Å². The lowest BCUT2D eigenvalue weighted by molar-refractivity contribution is -0.121. The van der Waals surface area contributed by atoms with Crippen molar-refractivity contribution in [3.63, 3.8) is 0 Å². The number of H-pyrrole nitrogens is 1. The van der Waals surface area contributed by atoms with Crippen LogP contribution in [0.5, 0.6) is 0 Å². The molecule has 0 bridgehead atoms. The van der Waals surface area contributed by atoms with Crippen LogP contribution in [0.2, 0.25) is 0 Å². The number of aryl methyl sites for hydroxylation is 2. The van der Waals surface area contributed by atoms with E-state index < -0.39 is 0 Å². The first-order valence-electron chi connectivity index (χ1n) is 7.47. The predicted octanol–water partition coefficient (Wildman–Crippen LogP) is 3.12. The van der Waals surface area contributed by atoms with Crippen molar-refractivity contribution in [1.82, 2.24) is 15.3 Å². The Morgan fingerprint density at radius 3 is 2.82 bits per heavy atom. The zero-order valence-electron chi connectivity index (χ0n) is 12.6. The lowest BCUT2D eigenvalue weighted by Gasteiger charge is -2.05. The summed E-state index contributed by atoms with van der Waals surface area (Å²) in [4.78, 5) is 19.6. The lowest BCUT2D eigenvalue weighted by Crippen LogP contribution is -2.23. The van der Waals surface area contributed by atoms with E-state index in [2.05, 4.69) is 34.3 Å². The van der Waals surface area contributed by atoms with Gasteiger partial charge in [-0.25, -0.2) is 0 Å². The summed E-state index contributed by atoms with van der Waals surface area (Å²) in [5.41, 5.74) is 4.37. The van der Waals surface area contributed by atoms with Gasteiger partial charge in [-0.15, -0.1) is 0 Å². The number of amides is 1.